The van der Waals surface area contributed by atoms with Gasteiger partial charge in [0.2, 0.25) is 0 Å². The van der Waals surface area contributed by atoms with Gasteiger partial charge in [0.1, 0.15) is 5.69 Å². The summed E-state index contributed by atoms with van der Waals surface area (Å²) in [5.74, 6) is -2.26. The topological polar surface area (TPSA) is 84.7 Å². The van der Waals surface area contributed by atoms with E-state index in [1.807, 2.05) is 0 Å². The van der Waals surface area contributed by atoms with Crippen molar-refractivity contribution in [2.45, 2.75) is 26.4 Å². The van der Waals surface area contributed by atoms with Crippen LogP contribution in [0.5, 0.6) is 5.75 Å². The van der Waals surface area contributed by atoms with E-state index in [1.165, 1.54) is 0 Å². The number of carbonyl (C=O) groups excluding carboxylic acids is 1. The van der Waals surface area contributed by atoms with Crippen molar-refractivity contribution in [1.82, 2.24) is 14.7 Å². The molecule has 0 aromatic carbocycles. The lowest BCUT2D eigenvalue weighted by atomic mass is 9.86. The van der Waals surface area contributed by atoms with Crippen LogP contribution < -0.4 is 4.74 Å². The summed E-state index contributed by atoms with van der Waals surface area (Å²) in [5.41, 5.74) is -1.68. The fraction of sp³-hybridized carbons (Fsp3) is 0.643. The number of carboxylic acid groups (broad SMARTS) is 1. The van der Waals surface area contributed by atoms with Gasteiger partial charge < -0.3 is 14.7 Å². The van der Waals surface area contributed by atoms with Gasteiger partial charge in [-0.15, -0.1) is 0 Å². The monoisotopic (exact) mass is 349 g/mol. The number of aromatic nitrogens is 2. The molecule has 1 atom stereocenters. The Morgan fingerprint density at radius 2 is 2.00 bits per heavy atom. The van der Waals surface area contributed by atoms with E-state index in [-0.39, 0.29) is 6.54 Å². The second kappa shape index (κ2) is 5.99. The zero-order valence-corrected chi connectivity index (χ0v) is 13.5. The standard InChI is InChI=1S/C14H18F3N3O4/c1-8-11(9(2)19(3)18-8)24-6-10(21)20-5-4-13(7-20,12(22)23)14(15,16)17/h4-7H2,1-3H3,(H,22,23). The van der Waals surface area contributed by atoms with Crippen LogP contribution in [0.2, 0.25) is 0 Å². The summed E-state index contributed by atoms with van der Waals surface area (Å²) in [6.07, 6.45) is -5.59. The maximum atomic E-state index is 13.1. The van der Waals surface area contributed by atoms with Crippen LogP contribution in [-0.2, 0) is 16.6 Å². The van der Waals surface area contributed by atoms with E-state index >= 15 is 0 Å². The summed E-state index contributed by atoms with van der Waals surface area (Å²) in [5, 5.41) is 13.1. The van der Waals surface area contributed by atoms with Crippen LogP contribution in [0.25, 0.3) is 0 Å². The summed E-state index contributed by atoms with van der Waals surface area (Å²) < 4.78 is 46.2. The first-order valence-corrected chi connectivity index (χ1v) is 7.20. The lowest BCUT2D eigenvalue weighted by Crippen LogP contribution is -2.48. The molecule has 7 nitrogen and oxygen atoms in total. The Labute approximate surface area is 136 Å². The van der Waals surface area contributed by atoms with E-state index in [1.54, 1.807) is 25.6 Å². The molecule has 1 unspecified atom stereocenters. The number of aryl methyl sites for hydroxylation is 2. The Morgan fingerprint density at radius 3 is 2.42 bits per heavy atom. The average molecular weight is 349 g/mol. The van der Waals surface area contributed by atoms with Crippen LogP contribution in [0.3, 0.4) is 0 Å². The molecule has 2 rings (SSSR count). The van der Waals surface area contributed by atoms with Crippen molar-refractivity contribution in [3.63, 3.8) is 0 Å². The normalized spacial score (nSPS) is 21.2. The van der Waals surface area contributed by atoms with E-state index < -0.39 is 43.0 Å². The third-order valence-corrected chi connectivity index (χ3v) is 4.36. The molecule has 1 fully saturated rings. The number of nitrogens with zero attached hydrogens (tertiary/aromatic N) is 3. The van der Waals surface area contributed by atoms with Crippen molar-refractivity contribution in [2.24, 2.45) is 12.5 Å². The molecule has 2 heterocycles. The van der Waals surface area contributed by atoms with Crippen LogP contribution in [0.4, 0.5) is 13.2 Å². The minimum absolute atomic E-state index is 0.279. The Hall–Kier alpha value is -2.26. The average Bonchev–Trinajstić information content (AvgIpc) is 3.01. The van der Waals surface area contributed by atoms with Gasteiger partial charge >= 0.3 is 12.1 Å². The lowest BCUT2D eigenvalue weighted by Gasteiger charge is -2.27. The van der Waals surface area contributed by atoms with Gasteiger partial charge in [0.25, 0.3) is 5.91 Å². The van der Waals surface area contributed by atoms with Crippen molar-refractivity contribution in [3.05, 3.63) is 11.4 Å². The molecule has 0 saturated carbocycles. The number of ether oxygens (including phenoxy) is 1. The van der Waals surface area contributed by atoms with Gasteiger partial charge in [0, 0.05) is 20.1 Å². The molecule has 0 aliphatic carbocycles. The highest BCUT2D eigenvalue weighted by Gasteiger charge is 2.64. The summed E-state index contributed by atoms with van der Waals surface area (Å²) in [6.45, 7) is 1.76. The molecular weight excluding hydrogens is 331 g/mol. The van der Waals surface area contributed by atoms with Crippen LogP contribution >= 0.6 is 0 Å². The van der Waals surface area contributed by atoms with E-state index in [0.29, 0.717) is 17.1 Å². The van der Waals surface area contributed by atoms with Gasteiger partial charge in [-0.2, -0.15) is 18.3 Å². The van der Waals surface area contributed by atoms with Gasteiger partial charge in [0.05, 0.1) is 5.69 Å². The first-order chi connectivity index (χ1) is 11.0. The first kappa shape index (κ1) is 18.1. The number of carboxylic acids is 1. The molecule has 1 N–H and O–H groups in total. The summed E-state index contributed by atoms with van der Waals surface area (Å²) in [6, 6.07) is 0. The molecule has 10 heteroatoms. The predicted octanol–water partition coefficient (Wildman–Crippen LogP) is 1.28. The third kappa shape index (κ3) is 2.92. The van der Waals surface area contributed by atoms with Crippen molar-refractivity contribution in [3.8, 4) is 5.75 Å². The fourth-order valence-corrected chi connectivity index (χ4v) is 2.74. The molecule has 0 spiro atoms. The second-order valence-electron chi connectivity index (χ2n) is 5.86. The van der Waals surface area contributed by atoms with Crippen molar-refractivity contribution >= 4 is 11.9 Å². The number of halogens is 3. The number of likely N-dealkylation sites (tertiary alicyclic amines) is 1. The highest BCUT2D eigenvalue weighted by atomic mass is 19.4. The quantitative estimate of drug-likeness (QED) is 0.885. The fourth-order valence-electron chi connectivity index (χ4n) is 2.74. The van der Waals surface area contributed by atoms with Crippen LogP contribution in [0.15, 0.2) is 0 Å². The van der Waals surface area contributed by atoms with E-state index in [4.69, 9.17) is 9.84 Å². The summed E-state index contributed by atoms with van der Waals surface area (Å²) in [7, 11) is 1.70. The molecule has 0 bridgehead atoms. The molecular formula is C14H18F3N3O4. The second-order valence-corrected chi connectivity index (χ2v) is 5.86. The predicted molar refractivity (Wildman–Crippen MR) is 75.5 cm³/mol. The number of alkyl halides is 3. The Balaban J connectivity index is 2.06. The van der Waals surface area contributed by atoms with Gasteiger partial charge in [-0.05, 0) is 20.3 Å². The molecule has 0 radical (unpaired) electrons. The maximum absolute atomic E-state index is 13.1. The minimum Gasteiger partial charge on any atom is -0.481 e. The van der Waals surface area contributed by atoms with Gasteiger partial charge in [-0.25, -0.2) is 0 Å². The Kier molecular flexibility index (Phi) is 4.51. The molecule has 1 aromatic heterocycles. The van der Waals surface area contributed by atoms with E-state index in [0.717, 1.165) is 4.90 Å². The number of hydrogen-bond acceptors (Lipinski definition) is 4. The van der Waals surface area contributed by atoms with Crippen LogP contribution in [0, 0.1) is 19.3 Å². The molecule has 1 aliphatic heterocycles. The smallest absolute Gasteiger partial charge is 0.406 e. The Bertz CT molecular complexity index is 671. The molecule has 24 heavy (non-hydrogen) atoms. The third-order valence-electron chi connectivity index (χ3n) is 4.36. The zero-order valence-electron chi connectivity index (χ0n) is 13.5. The Morgan fingerprint density at radius 1 is 1.38 bits per heavy atom. The zero-order chi connectivity index (χ0) is 18.3. The van der Waals surface area contributed by atoms with E-state index in [9.17, 15) is 22.8 Å². The van der Waals surface area contributed by atoms with Gasteiger partial charge in [0.15, 0.2) is 17.8 Å². The molecule has 1 saturated heterocycles. The largest absolute Gasteiger partial charge is 0.481 e. The highest BCUT2D eigenvalue weighted by molar-refractivity contribution is 5.82. The van der Waals surface area contributed by atoms with E-state index in [2.05, 4.69) is 5.10 Å². The van der Waals surface area contributed by atoms with Crippen molar-refractivity contribution in [1.29, 1.82) is 0 Å². The summed E-state index contributed by atoms with van der Waals surface area (Å²) >= 11 is 0. The first-order valence-electron chi connectivity index (χ1n) is 7.20. The maximum Gasteiger partial charge on any atom is 0.406 e. The molecule has 1 amide bonds. The SMILES string of the molecule is Cc1nn(C)c(C)c1OCC(=O)N1CCC(C(=O)O)(C(F)(F)F)C1. The minimum atomic E-state index is -4.93. The number of aliphatic carboxylic acids is 1. The number of carbonyl (C=O) groups is 2. The molecule has 1 aromatic rings. The lowest BCUT2D eigenvalue weighted by molar-refractivity contribution is -0.227. The number of hydrogen-bond donors (Lipinski definition) is 1. The molecule has 1 aliphatic rings. The molecule has 134 valence electrons. The van der Waals surface area contributed by atoms with Gasteiger partial charge in [-0.1, -0.05) is 0 Å². The van der Waals surface area contributed by atoms with Crippen molar-refractivity contribution in [2.75, 3.05) is 19.7 Å². The van der Waals surface area contributed by atoms with Crippen LogP contribution in [0.1, 0.15) is 17.8 Å². The summed E-state index contributed by atoms with van der Waals surface area (Å²) in [4.78, 5) is 24.1. The number of rotatable bonds is 4. The van der Waals surface area contributed by atoms with Gasteiger partial charge in [-0.3, -0.25) is 14.3 Å². The van der Waals surface area contributed by atoms with Crippen molar-refractivity contribution < 1.29 is 32.6 Å². The highest BCUT2D eigenvalue weighted by Crippen LogP contribution is 2.45. The van der Waals surface area contributed by atoms with Crippen LogP contribution in [-0.4, -0.2) is 57.5 Å². The number of amides is 1.